The molecule has 0 fully saturated rings. The van der Waals surface area contributed by atoms with E-state index in [1.54, 1.807) is 4.57 Å². The van der Waals surface area contributed by atoms with E-state index < -0.39 is 0 Å². The lowest BCUT2D eigenvalue weighted by Gasteiger charge is -2.02. The highest BCUT2D eigenvalue weighted by Gasteiger charge is 2.04. The van der Waals surface area contributed by atoms with E-state index in [-0.39, 0.29) is 10.9 Å². The molecule has 0 aliphatic heterocycles. The molecule has 0 spiro atoms. The van der Waals surface area contributed by atoms with Gasteiger partial charge in [0.05, 0.1) is 11.0 Å². The average Bonchev–Trinajstić information content (AvgIpc) is 2.60. The summed E-state index contributed by atoms with van der Waals surface area (Å²) in [5.74, 6) is 0.751. The molecule has 17 heavy (non-hydrogen) atoms. The zero-order chi connectivity index (χ0) is 12.3. The Kier molecular flexibility index (Phi) is 3.53. The van der Waals surface area contributed by atoms with E-state index in [9.17, 15) is 4.79 Å². The van der Waals surface area contributed by atoms with Crippen molar-refractivity contribution < 1.29 is 0 Å². The number of benzene rings is 1. The molecule has 1 aromatic heterocycles. The lowest BCUT2D eigenvalue weighted by Crippen LogP contribution is -2.17. The molecule has 2 rings (SSSR count). The fourth-order valence-electron chi connectivity index (χ4n) is 1.73. The standard InChI is InChI=1S/C11H14N4OS/c12-10(13)17-7-3-6-15-9-5-2-1-4-8(9)14-11(15)16/h1-2,4-5H,3,6-7H2,(H3,12,13)(H,14,16). The van der Waals surface area contributed by atoms with E-state index in [0.717, 1.165) is 23.2 Å². The Bertz CT molecular complexity index is 586. The fourth-order valence-corrected chi connectivity index (χ4v) is 2.23. The topological polar surface area (TPSA) is 87.7 Å². The van der Waals surface area contributed by atoms with Crippen LogP contribution in [0, 0.1) is 5.41 Å². The molecule has 0 aliphatic carbocycles. The smallest absolute Gasteiger partial charge is 0.326 e. The van der Waals surface area contributed by atoms with Crippen molar-refractivity contribution in [2.24, 2.45) is 5.73 Å². The van der Waals surface area contributed by atoms with E-state index >= 15 is 0 Å². The molecule has 0 saturated heterocycles. The van der Waals surface area contributed by atoms with Crippen LogP contribution in [-0.4, -0.2) is 20.5 Å². The molecule has 0 amide bonds. The van der Waals surface area contributed by atoms with Crippen molar-refractivity contribution in [2.45, 2.75) is 13.0 Å². The number of para-hydroxylation sites is 2. The highest BCUT2D eigenvalue weighted by atomic mass is 32.2. The van der Waals surface area contributed by atoms with Crippen LogP contribution in [0.3, 0.4) is 0 Å². The highest BCUT2D eigenvalue weighted by molar-refractivity contribution is 8.13. The molecule has 0 saturated carbocycles. The lowest BCUT2D eigenvalue weighted by atomic mass is 10.3. The Morgan fingerprint density at radius 1 is 1.47 bits per heavy atom. The first-order chi connectivity index (χ1) is 8.18. The molecule has 4 N–H and O–H groups in total. The Morgan fingerprint density at radius 3 is 3.00 bits per heavy atom. The number of nitrogens with zero attached hydrogens (tertiary/aromatic N) is 1. The van der Waals surface area contributed by atoms with Crippen LogP contribution in [0.5, 0.6) is 0 Å². The van der Waals surface area contributed by atoms with E-state index in [4.69, 9.17) is 11.1 Å². The second-order valence-electron chi connectivity index (χ2n) is 3.67. The zero-order valence-electron chi connectivity index (χ0n) is 9.27. The van der Waals surface area contributed by atoms with Crippen LogP contribution >= 0.6 is 11.8 Å². The second-order valence-corrected chi connectivity index (χ2v) is 4.80. The maximum atomic E-state index is 11.7. The van der Waals surface area contributed by atoms with Gasteiger partial charge in [-0.15, -0.1) is 0 Å². The Labute approximate surface area is 103 Å². The number of fused-ring (bicyclic) bond motifs is 1. The number of H-pyrrole nitrogens is 1. The van der Waals surface area contributed by atoms with Gasteiger partial charge in [-0.1, -0.05) is 23.9 Å². The number of amidine groups is 1. The lowest BCUT2D eigenvalue weighted by molar-refractivity contribution is 0.680. The summed E-state index contributed by atoms with van der Waals surface area (Å²) in [5.41, 5.74) is 6.94. The first-order valence-electron chi connectivity index (χ1n) is 5.33. The third-order valence-corrected chi connectivity index (χ3v) is 3.27. The number of aryl methyl sites for hydroxylation is 1. The largest absolute Gasteiger partial charge is 0.379 e. The summed E-state index contributed by atoms with van der Waals surface area (Å²) in [5, 5.41) is 7.21. The minimum absolute atomic E-state index is 0.0842. The average molecular weight is 250 g/mol. The third kappa shape index (κ3) is 2.71. The number of rotatable bonds is 4. The second kappa shape index (κ2) is 5.09. The number of nitrogens with two attached hydrogens (primary N) is 1. The predicted molar refractivity (Wildman–Crippen MR) is 71.5 cm³/mol. The minimum Gasteiger partial charge on any atom is -0.379 e. The SMILES string of the molecule is N=C(N)SCCCn1c(=O)[nH]c2ccccc21. The van der Waals surface area contributed by atoms with Crippen LogP contribution < -0.4 is 11.4 Å². The van der Waals surface area contributed by atoms with Crippen molar-refractivity contribution in [2.75, 3.05) is 5.75 Å². The summed E-state index contributed by atoms with van der Waals surface area (Å²) in [6.07, 6.45) is 0.812. The molecular weight excluding hydrogens is 236 g/mol. The normalized spacial score (nSPS) is 10.8. The monoisotopic (exact) mass is 250 g/mol. The van der Waals surface area contributed by atoms with Gasteiger partial charge in [-0.05, 0) is 18.6 Å². The molecule has 0 bridgehead atoms. The maximum Gasteiger partial charge on any atom is 0.326 e. The van der Waals surface area contributed by atoms with Crippen molar-refractivity contribution in [1.29, 1.82) is 5.41 Å². The van der Waals surface area contributed by atoms with Gasteiger partial charge >= 0.3 is 5.69 Å². The third-order valence-electron chi connectivity index (χ3n) is 2.47. The molecule has 6 heteroatoms. The molecule has 0 atom stereocenters. The number of thioether (sulfide) groups is 1. The summed E-state index contributed by atoms with van der Waals surface area (Å²) >= 11 is 1.30. The maximum absolute atomic E-state index is 11.7. The van der Waals surface area contributed by atoms with Crippen molar-refractivity contribution in [1.82, 2.24) is 9.55 Å². The van der Waals surface area contributed by atoms with Gasteiger partial charge in [0, 0.05) is 12.3 Å². The predicted octanol–water partition coefficient (Wildman–Crippen LogP) is 1.35. The number of imidazole rings is 1. The van der Waals surface area contributed by atoms with E-state index in [1.165, 1.54) is 11.8 Å². The number of hydrogen-bond donors (Lipinski definition) is 3. The molecule has 2 aromatic rings. The molecule has 0 aliphatic rings. The van der Waals surface area contributed by atoms with E-state index in [1.807, 2.05) is 24.3 Å². The first-order valence-corrected chi connectivity index (χ1v) is 6.31. The van der Waals surface area contributed by atoms with Gasteiger partial charge in [-0.25, -0.2) is 4.79 Å². The van der Waals surface area contributed by atoms with Crippen molar-refractivity contribution in [3.05, 3.63) is 34.7 Å². The summed E-state index contributed by atoms with van der Waals surface area (Å²) in [6.45, 7) is 0.642. The van der Waals surface area contributed by atoms with Crippen LogP contribution in [0.4, 0.5) is 0 Å². The number of hydrogen-bond acceptors (Lipinski definition) is 3. The van der Waals surface area contributed by atoms with Crippen LogP contribution in [0.25, 0.3) is 11.0 Å². The zero-order valence-corrected chi connectivity index (χ0v) is 10.1. The molecular formula is C11H14N4OS. The van der Waals surface area contributed by atoms with Gasteiger partial charge in [-0.3, -0.25) is 9.98 Å². The first kappa shape index (κ1) is 11.8. The van der Waals surface area contributed by atoms with Gasteiger partial charge < -0.3 is 10.7 Å². The molecule has 90 valence electrons. The van der Waals surface area contributed by atoms with Crippen molar-refractivity contribution in [3.8, 4) is 0 Å². The number of aromatic nitrogens is 2. The quantitative estimate of drug-likeness (QED) is 0.435. The van der Waals surface area contributed by atoms with E-state index in [2.05, 4.69) is 4.98 Å². The van der Waals surface area contributed by atoms with Crippen LogP contribution in [-0.2, 0) is 6.54 Å². The van der Waals surface area contributed by atoms with Crippen molar-refractivity contribution >= 4 is 28.0 Å². The Balaban J connectivity index is 2.10. The van der Waals surface area contributed by atoms with Crippen molar-refractivity contribution in [3.63, 3.8) is 0 Å². The fraction of sp³-hybridized carbons (Fsp3) is 0.273. The summed E-state index contributed by atoms with van der Waals surface area (Å²) in [4.78, 5) is 14.5. The van der Waals surface area contributed by atoms with Gasteiger partial charge in [0.25, 0.3) is 0 Å². The molecule has 0 unspecified atom stereocenters. The van der Waals surface area contributed by atoms with Gasteiger partial charge in [0.1, 0.15) is 0 Å². The van der Waals surface area contributed by atoms with E-state index in [0.29, 0.717) is 6.54 Å². The molecule has 1 heterocycles. The summed E-state index contributed by atoms with van der Waals surface area (Å²) in [7, 11) is 0. The molecule has 0 radical (unpaired) electrons. The Morgan fingerprint density at radius 2 is 2.24 bits per heavy atom. The minimum atomic E-state index is -0.0842. The van der Waals surface area contributed by atoms with Crippen LogP contribution in [0.2, 0.25) is 0 Å². The van der Waals surface area contributed by atoms with Gasteiger partial charge in [0.2, 0.25) is 0 Å². The summed E-state index contributed by atoms with van der Waals surface area (Å²) in [6, 6.07) is 7.62. The van der Waals surface area contributed by atoms with Crippen LogP contribution in [0.1, 0.15) is 6.42 Å². The van der Waals surface area contributed by atoms with Crippen LogP contribution in [0.15, 0.2) is 29.1 Å². The number of nitrogens with one attached hydrogen (secondary N) is 2. The van der Waals surface area contributed by atoms with Gasteiger partial charge in [0.15, 0.2) is 5.17 Å². The molecule has 1 aromatic carbocycles. The highest BCUT2D eigenvalue weighted by Crippen LogP contribution is 2.10. The molecule has 5 nitrogen and oxygen atoms in total. The Hall–Kier alpha value is -1.69. The number of aromatic amines is 1. The van der Waals surface area contributed by atoms with Gasteiger partial charge in [-0.2, -0.15) is 0 Å². The summed E-state index contributed by atoms with van der Waals surface area (Å²) < 4.78 is 1.72.